The summed E-state index contributed by atoms with van der Waals surface area (Å²) >= 11 is 0. The summed E-state index contributed by atoms with van der Waals surface area (Å²) in [4.78, 5) is 0. The maximum atomic E-state index is 8.13. The minimum Gasteiger partial charge on any atom is -0.425 e. The average molecular weight is 89.9 g/mol. The Morgan fingerprint density at radius 3 is 1.67 bits per heavy atom. The molecule has 0 bridgehead atoms. The normalized spacial score (nSPS) is 14.0. The Balaban J connectivity index is 2.99. The van der Waals surface area contributed by atoms with Crippen LogP contribution in [0.15, 0.2) is 0 Å². The number of aliphatic hydroxyl groups is 1. The standard InChI is InChI=1S/C2H7BO3/c1-2(4)3(5)6/h2,4-6H,1H3. The van der Waals surface area contributed by atoms with Crippen LogP contribution in [0.2, 0.25) is 0 Å². The topological polar surface area (TPSA) is 60.7 Å². The van der Waals surface area contributed by atoms with E-state index in [4.69, 9.17) is 15.2 Å². The Morgan fingerprint density at radius 1 is 1.50 bits per heavy atom. The maximum Gasteiger partial charge on any atom is 0.481 e. The highest BCUT2D eigenvalue weighted by Crippen LogP contribution is 1.76. The Morgan fingerprint density at radius 2 is 1.67 bits per heavy atom. The molecular formula is C2H7BO3. The molecule has 3 N–H and O–H groups in total. The molecule has 0 rings (SSSR count). The molecule has 0 radical (unpaired) electrons. The van der Waals surface area contributed by atoms with Crippen LogP contribution in [-0.4, -0.2) is 28.3 Å². The van der Waals surface area contributed by atoms with Crippen LogP contribution in [0, 0.1) is 0 Å². The lowest BCUT2D eigenvalue weighted by Gasteiger charge is -1.96. The molecule has 0 amide bonds. The van der Waals surface area contributed by atoms with Gasteiger partial charge in [-0.25, -0.2) is 0 Å². The Bertz CT molecular complexity index is 29.8. The molecule has 0 aliphatic rings. The van der Waals surface area contributed by atoms with Crippen LogP contribution in [-0.2, 0) is 0 Å². The molecule has 0 aromatic heterocycles. The van der Waals surface area contributed by atoms with Crippen LogP contribution in [0.25, 0.3) is 0 Å². The number of rotatable bonds is 1. The van der Waals surface area contributed by atoms with Crippen molar-refractivity contribution >= 4 is 7.12 Å². The van der Waals surface area contributed by atoms with Crippen molar-refractivity contribution in [3.8, 4) is 0 Å². The zero-order chi connectivity index (χ0) is 5.15. The first-order valence-corrected chi connectivity index (χ1v) is 1.69. The van der Waals surface area contributed by atoms with Crippen LogP contribution in [0.5, 0.6) is 0 Å². The minimum absolute atomic E-state index is 1.04. The van der Waals surface area contributed by atoms with Gasteiger partial charge in [-0.3, -0.25) is 0 Å². The summed E-state index contributed by atoms with van der Waals surface area (Å²) in [6, 6.07) is -1.04. The molecule has 36 valence electrons. The van der Waals surface area contributed by atoms with Crippen molar-refractivity contribution in [3.05, 3.63) is 0 Å². The van der Waals surface area contributed by atoms with E-state index in [1.165, 1.54) is 6.92 Å². The van der Waals surface area contributed by atoms with Crippen molar-refractivity contribution in [1.29, 1.82) is 0 Å². The second-order valence-electron chi connectivity index (χ2n) is 1.15. The SMILES string of the molecule is CC(O)B(O)O. The first-order chi connectivity index (χ1) is 2.64. The van der Waals surface area contributed by atoms with E-state index in [-0.39, 0.29) is 0 Å². The molecule has 3 nitrogen and oxygen atoms in total. The zero-order valence-corrected chi connectivity index (χ0v) is 3.50. The quantitative estimate of drug-likeness (QED) is 0.339. The summed E-state index contributed by atoms with van der Waals surface area (Å²) in [6.07, 6.45) is 0. The van der Waals surface area contributed by atoms with Gasteiger partial charge >= 0.3 is 7.12 Å². The maximum absolute atomic E-state index is 8.13. The fourth-order valence-electron chi connectivity index (χ4n) is 0. The van der Waals surface area contributed by atoms with E-state index >= 15 is 0 Å². The third-order valence-electron chi connectivity index (χ3n) is 0.431. The van der Waals surface area contributed by atoms with Crippen LogP contribution in [0.1, 0.15) is 6.92 Å². The van der Waals surface area contributed by atoms with Gasteiger partial charge in [-0.05, 0) is 6.92 Å². The van der Waals surface area contributed by atoms with E-state index in [1.807, 2.05) is 0 Å². The van der Waals surface area contributed by atoms with Gasteiger partial charge in [0, 0.05) is 0 Å². The molecule has 4 heteroatoms. The second kappa shape index (κ2) is 2.18. The van der Waals surface area contributed by atoms with Gasteiger partial charge in [-0.2, -0.15) is 0 Å². The molecule has 0 aliphatic carbocycles. The van der Waals surface area contributed by atoms with Crippen molar-refractivity contribution in [1.82, 2.24) is 0 Å². The highest BCUT2D eigenvalue weighted by molar-refractivity contribution is 6.42. The summed E-state index contributed by atoms with van der Waals surface area (Å²) in [5.74, 6) is 0. The van der Waals surface area contributed by atoms with Crippen LogP contribution < -0.4 is 0 Å². The first kappa shape index (κ1) is 5.94. The molecular weight excluding hydrogens is 82.8 g/mol. The van der Waals surface area contributed by atoms with Gasteiger partial charge in [0.1, 0.15) is 0 Å². The van der Waals surface area contributed by atoms with Crippen molar-refractivity contribution in [2.75, 3.05) is 0 Å². The van der Waals surface area contributed by atoms with E-state index in [9.17, 15) is 0 Å². The molecule has 0 spiro atoms. The fourth-order valence-corrected chi connectivity index (χ4v) is 0. The average Bonchev–Trinajstić information content (AvgIpc) is 1.36. The van der Waals surface area contributed by atoms with E-state index < -0.39 is 13.1 Å². The second-order valence-corrected chi connectivity index (χ2v) is 1.15. The number of aliphatic hydroxyl groups excluding tert-OH is 1. The van der Waals surface area contributed by atoms with E-state index in [2.05, 4.69) is 0 Å². The van der Waals surface area contributed by atoms with E-state index in [0.29, 0.717) is 0 Å². The third-order valence-corrected chi connectivity index (χ3v) is 0.431. The summed E-state index contributed by atoms with van der Waals surface area (Å²) in [7, 11) is -1.59. The first-order valence-electron chi connectivity index (χ1n) is 1.69. The van der Waals surface area contributed by atoms with Gasteiger partial charge in [0.15, 0.2) is 0 Å². The Labute approximate surface area is 36.4 Å². The smallest absolute Gasteiger partial charge is 0.425 e. The molecule has 0 saturated heterocycles. The molecule has 0 aromatic rings. The summed E-state index contributed by atoms with van der Waals surface area (Å²) in [6.45, 7) is 1.30. The van der Waals surface area contributed by atoms with Crippen molar-refractivity contribution in [2.45, 2.75) is 12.9 Å². The van der Waals surface area contributed by atoms with Gasteiger partial charge in [-0.1, -0.05) is 0 Å². The molecule has 0 aromatic carbocycles. The van der Waals surface area contributed by atoms with Gasteiger partial charge in [0.2, 0.25) is 0 Å². The number of hydrogen-bond acceptors (Lipinski definition) is 3. The third kappa shape index (κ3) is 2.20. The molecule has 6 heavy (non-hydrogen) atoms. The van der Waals surface area contributed by atoms with E-state index in [1.54, 1.807) is 0 Å². The molecule has 1 unspecified atom stereocenters. The lowest BCUT2D eigenvalue weighted by molar-refractivity contribution is 0.214. The highest BCUT2D eigenvalue weighted by atomic mass is 16.4. The predicted molar refractivity (Wildman–Crippen MR) is 21.9 cm³/mol. The number of hydrogen-bond donors (Lipinski definition) is 3. The molecule has 0 aliphatic heterocycles. The van der Waals surface area contributed by atoms with Gasteiger partial charge in [0.05, 0.1) is 6.00 Å². The minimum atomic E-state index is -1.59. The lowest BCUT2D eigenvalue weighted by Crippen LogP contribution is -2.27. The van der Waals surface area contributed by atoms with Gasteiger partial charge < -0.3 is 15.2 Å². The Kier molecular flexibility index (Phi) is 2.16. The molecule has 1 atom stereocenters. The van der Waals surface area contributed by atoms with Crippen molar-refractivity contribution < 1.29 is 15.2 Å². The zero-order valence-electron chi connectivity index (χ0n) is 3.50. The largest absolute Gasteiger partial charge is 0.481 e. The van der Waals surface area contributed by atoms with Crippen molar-refractivity contribution in [2.24, 2.45) is 0 Å². The summed E-state index contributed by atoms with van der Waals surface area (Å²) < 4.78 is 0. The van der Waals surface area contributed by atoms with Gasteiger partial charge in [-0.15, -0.1) is 0 Å². The fraction of sp³-hybridized carbons (Fsp3) is 1.00. The van der Waals surface area contributed by atoms with Crippen molar-refractivity contribution in [3.63, 3.8) is 0 Å². The summed E-state index contributed by atoms with van der Waals surface area (Å²) in [5, 5.41) is 24.0. The van der Waals surface area contributed by atoms with Gasteiger partial charge in [0.25, 0.3) is 0 Å². The van der Waals surface area contributed by atoms with Crippen LogP contribution in [0.4, 0.5) is 0 Å². The Hall–Kier alpha value is -0.0551. The molecule has 0 saturated carbocycles. The van der Waals surface area contributed by atoms with E-state index in [0.717, 1.165) is 0 Å². The highest BCUT2D eigenvalue weighted by Gasteiger charge is 2.12. The molecule has 0 fully saturated rings. The summed E-state index contributed by atoms with van der Waals surface area (Å²) in [5.41, 5.74) is 0. The van der Waals surface area contributed by atoms with Crippen LogP contribution in [0.3, 0.4) is 0 Å². The predicted octanol–water partition coefficient (Wildman–Crippen LogP) is -1.62. The monoisotopic (exact) mass is 90.0 g/mol. The van der Waals surface area contributed by atoms with Crippen LogP contribution >= 0.6 is 0 Å². The molecule has 0 heterocycles. The lowest BCUT2D eigenvalue weighted by atomic mass is 9.84.